The average Bonchev–Trinajstić information content (AvgIpc) is 3.45. The van der Waals surface area contributed by atoms with Crippen molar-refractivity contribution < 1.29 is 13.5 Å². The molecule has 0 bridgehead atoms. The third-order valence-electron chi connectivity index (χ3n) is 5.86. The molecule has 0 saturated carbocycles. The maximum absolute atomic E-state index is 13.5. The van der Waals surface area contributed by atoms with Gasteiger partial charge in [-0.3, -0.25) is 4.90 Å². The highest BCUT2D eigenvalue weighted by molar-refractivity contribution is 5.55. The van der Waals surface area contributed by atoms with Gasteiger partial charge in [-0.2, -0.15) is 4.98 Å². The van der Waals surface area contributed by atoms with Gasteiger partial charge in [0.05, 0.1) is 12.3 Å². The Morgan fingerprint density at radius 2 is 1.81 bits per heavy atom. The lowest BCUT2D eigenvalue weighted by atomic mass is 10.2. The Labute approximate surface area is 184 Å². The lowest BCUT2D eigenvalue weighted by molar-refractivity contribution is 0.139. The van der Waals surface area contributed by atoms with Gasteiger partial charge in [0.25, 0.3) is 0 Å². The third kappa shape index (κ3) is 4.56. The molecule has 0 unspecified atom stereocenters. The number of hydrogen-bond acceptors (Lipinski definition) is 7. The molecule has 8 nitrogen and oxygen atoms in total. The molecule has 168 valence electrons. The third-order valence-corrected chi connectivity index (χ3v) is 5.86. The van der Waals surface area contributed by atoms with Gasteiger partial charge >= 0.3 is 0 Å². The first-order valence-corrected chi connectivity index (χ1v) is 10.7. The number of nitrogens with one attached hydrogen (secondary N) is 1. The van der Waals surface area contributed by atoms with Gasteiger partial charge in [0.15, 0.2) is 0 Å². The van der Waals surface area contributed by atoms with Crippen LogP contribution in [0, 0.1) is 18.6 Å². The molecule has 2 saturated heterocycles. The summed E-state index contributed by atoms with van der Waals surface area (Å²) in [6.07, 6.45) is 2.51. The van der Waals surface area contributed by atoms with Crippen LogP contribution in [0.4, 0.5) is 26.4 Å². The van der Waals surface area contributed by atoms with Crippen molar-refractivity contribution in [1.82, 2.24) is 24.6 Å². The Kier molecular flexibility index (Phi) is 5.71. The number of hydrogen-bond donors (Lipinski definition) is 1. The minimum Gasteiger partial charge on any atom is -0.380 e. The molecule has 2 fully saturated rings. The fourth-order valence-corrected chi connectivity index (χ4v) is 4.23. The standard InChI is InChI=1S/C22H25F2N7O/c1-15-8-20(27-22-25-14-31(28-22)19-11-16(23)10-17(24)12-19)26-21(9-15)30-5-3-29(4-6-30)18-2-7-32-13-18/h8-12,14,18H,2-7,13H2,1H3,(H,26,27,28)/t18-/m1/s1. The van der Waals surface area contributed by atoms with Gasteiger partial charge in [-0.1, -0.05) is 0 Å². The number of pyridine rings is 1. The van der Waals surface area contributed by atoms with E-state index in [0.29, 0.717) is 17.8 Å². The van der Waals surface area contributed by atoms with Gasteiger partial charge in [0.1, 0.15) is 29.6 Å². The summed E-state index contributed by atoms with van der Waals surface area (Å²) in [5, 5.41) is 7.37. The van der Waals surface area contributed by atoms with Crippen molar-refractivity contribution in [3.05, 3.63) is 53.9 Å². The highest BCUT2D eigenvalue weighted by atomic mass is 19.1. The summed E-state index contributed by atoms with van der Waals surface area (Å²) >= 11 is 0. The van der Waals surface area contributed by atoms with E-state index >= 15 is 0 Å². The fourth-order valence-electron chi connectivity index (χ4n) is 4.23. The predicted molar refractivity (Wildman–Crippen MR) is 117 cm³/mol. The molecule has 0 radical (unpaired) electrons. The molecular formula is C22H25F2N7O. The van der Waals surface area contributed by atoms with Crippen molar-refractivity contribution in [3.63, 3.8) is 0 Å². The summed E-state index contributed by atoms with van der Waals surface area (Å²) in [4.78, 5) is 13.7. The van der Waals surface area contributed by atoms with E-state index in [0.717, 1.165) is 63.3 Å². The summed E-state index contributed by atoms with van der Waals surface area (Å²) in [5.41, 5.74) is 1.32. The van der Waals surface area contributed by atoms with Crippen molar-refractivity contribution in [2.24, 2.45) is 0 Å². The zero-order valence-electron chi connectivity index (χ0n) is 17.8. The molecule has 0 amide bonds. The Morgan fingerprint density at radius 1 is 1.03 bits per heavy atom. The van der Waals surface area contributed by atoms with Gasteiger partial charge in [0, 0.05) is 44.9 Å². The second-order valence-corrected chi connectivity index (χ2v) is 8.19. The lowest BCUT2D eigenvalue weighted by Crippen LogP contribution is -2.50. The van der Waals surface area contributed by atoms with Gasteiger partial charge in [0.2, 0.25) is 5.95 Å². The summed E-state index contributed by atoms with van der Waals surface area (Å²) < 4.78 is 33.8. The van der Waals surface area contributed by atoms with Crippen molar-refractivity contribution in [2.45, 2.75) is 19.4 Å². The Bertz CT molecular complexity index is 1070. The molecule has 0 aliphatic carbocycles. The number of anilines is 3. The van der Waals surface area contributed by atoms with Crippen LogP contribution in [0.1, 0.15) is 12.0 Å². The molecule has 1 aromatic carbocycles. The molecule has 0 spiro atoms. The average molecular weight is 441 g/mol. The highest BCUT2D eigenvalue weighted by Gasteiger charge is 2.27. The number of halogens is 2. The maximum Gasteiger partial charge on any atom is 0.248 e. The zero-order valence-corrected chi connectivity index (χ0v) is 17.8. The van der Waals surface area contributed by atoms with Crippen molar-refractivity contribution >= 4 is 17.6 Å². The van der Waals surface area contributed by atoms with Crippen LogP contribution in [-0.4, -0.2) is 70.1 Å². The number of ether oxygens (including phenoxy) is 1. The number of nitrogens with zero attached hydrogens (tertiary/aromatic N) is 6. The fraction of sp³-hybridized carbons (Fsp3) is 0.409. The van der Waals surface area contributed by atoms with Crippen LogP contribution < -0.4 is 10.2 Å². The smallest absolute Gasteiger partial charge is 0.248 e. The largest absolute Gasteiger partial charge is 0.380 e. The quantitative estimate of drug-likeness (QED) is 0.653. The topological polar surface area (TPSA) is 71.3 Å². The van der Waals surface area contributed by atoms with Gasteiger partial charge < -0.3 is 15.0 Å². The summed E-state index contributed by atoms with van der Waals surface area (Å²) in [6, 6.07) is 7.73. The first-order valence-electron chi connectivity index (χ1n) is 10.7. The van der Waals surface area contributed by atoms with E-state index in [1.54, 1.807) is 0 Å². The van der Waals surface area contributed by atoms with Gasteiger partial charge in [-0.05, 0) is 43.2 Å². The molecule has 5 rings (SSSR count). The number of aryl methyl sites for hydroxylation is 1. The number of rotatable bonds is 5. The summed E-state index contributed by atoms with van der Waals surface area (Å²) in [7, 11) is 0. The van der Waals surface area contributed by atoms with E-state index in [1.165, 1.54) is 23.1 Å². The molecule has 2 aliphatic rings. The Morgan fingerprint density at radius 3 is 2.53 bits per heavy atom. The van der Waals surface area contributed by atoms with Crippen LogP contribution in [0.15, 0.2) is 36.7 Å². The second kappa shape index (κ2) is 8.79. The second-order valence-electron chi connectivity index (χ2n) is 8.19. The maximum atomic E-state index is 13.5. The lowest BCUT2D eigenvalue weighted by Gasteiger charge is -2.38. The normalized spacial score (nSPS) is 19.5. The molecule has 10 heteroatoms. The van der Waals surface area contributed by atoms with Crippen molar-refractivity contribution in [2.75, 3.05) is 49.6 Å². The summed E-state index contributed by atoms with van der Waals surface area (Å²) in [5.74, 6) is 0.479. The number of benzene rings is 1. The van der Waals surface area contributed by atoms with Gasteiger partial charge in [-0.15, -0.1) is 5.10 Å². The molecule has 2 aromatic heterocycles. The molecule has 1 N–H and O–H groups in total. The van der Waals surface area contributed by atoms with Crippen LogP contribution in [0.2, 0.25) is 0 Å². The number of aromatic nitrogens is 4. The van der Waals surface area contributed by atoms with E-state index in [1.807, 2.05) is 13.0 Å². The minimum atomic E-state index is -0.671. The minimum absolute atomic E-state index is 0.256. The predicted octanol–water partition coefficient (Wildman–Crippen LogP) is 2.90. The van der Waals surface area contributed by atoms with E-state index < -0.39 is 11.6 Å². The van der Waals surface area contributed by atoms with Crippen LogP contribution in [0.5, 0.6) is 0 Å². The first-order chi connectivity index (χ1) is 15.5. The van der Waals surface area contributed by atoms with E-state index in [-0.39, 0.29) is 5.69 Å². The van der Waals surface area contributed by atoms with E-state index in [4.69, 9.17) is 9.72 Å². The SMILES string of the molecule is Cc1cc(Nc2ncn(-c3cc(F)cc(F)c3)n2)nc(N2CCN([C@@H]3CCOC3)CC2)c1. The van der Waals surface area contributed by atoms with Crippen molar-refractivity contribution in [1.29, 1.82) is 0 Å². The Hall–Kier alpha value is -3.11. The molecule has 3 aromatic rings. The van der Waals surface area contributed by atoms with Crippen LogP contribution in [0.3, 0.4) is 0 Å². The molecule has 2 aliphatic heterocycles. The Balaban J connectivity index is 1.28. The molecular weight excluding hydrogens is 416 g/mol. The van der Waals surface area contributed by atoms with Gasteiger partial charge in [-0.25, -0.2) is 18.4 Å². The highest BCUT2D eigenvalue weighted by Crippen LogP contribution is 2.23. The van der Waals surface area contributed by atoms with E-state index in [9.17, 15) is 8.78 Å². The van der Waals surface area contributed by atoms with Crippen LogP contribution in [-0.2, 0) is 4.74 Å². The van der Waals surface area contributed by atoms with Crippen LogP contribution >= 0.6 is 0 Å². The monoisotopic (exact) mass is 441 g/mol. The molecule has 4 heterocycles. The van der Waals surface area contributed by atoms with Crippen molar-refractivity contribution in [3.8, 4) is 5.69 Å². The molecule has 1 atom stereocenters. The zero-order chi connectivity index (χ0) is 22.1. The first kappa shape index (κ1) is 20.8. The van der Waals surface area contributed by atoms with Crippen LogP contribution in [0.25, 0.3) is 5.69 Å². The molecule has 32 heavy (non-hydrogen) atoms. The van der Waals surface area contributed by atoms with E-state index in [2.05, 4.69) is 31.3 Å². The number of piperazine rings is 1. The summed E-state index contributed by atoms with van der Waals surface area (Å²) in [6.45, 7) is 7.50.